The van der Waals surface area contributed by atoms with Crippen molar-refractivity contribution in [3.63, 3.8) is 0 Å². The first-order valence-corrected chi connectivity index (χ1v) is 12.2. The maximum Gasteiger partial charge on any atom is 0.326 e. The fourth-order valence-electron chi connectivity index (χ4n) is 4.54. The number of pyridine rings is 1. The number of aromatic nitrogens is 2. The van der Waals surface area contributed by atoms with Gasteiger partial charge in [-0.15, -0.1) is 0 Å². The van der Waals surface area contributed by atoms with Gasteiger partial charge in [0.25, 0.3) is 0 Å². The molecule has 1 aliphatic rings. The zero-order chi connectivity index (χ0) is 25.2. The molecule has 4 aromatic rings. The Morgan fingerprint density at radius 2 is 1.94 bits per heavy atom. The Morgan fingerprint density at radius 1 is 1.08 bits per heavy atom. The lowest BCUT2D eigenvalue weighted by Crippen LogP contribution is -2.34. The molecule has 9 heteroatoms. The number of rotatable bonds is 5. The molecule has 0 aliphatic carbocycles. The average molecular weight is 555 g/mol. The minimum Gasteiger partial charge on any atom is -0.333 e. The van der Waals surface area contributed by atoms with Gasteiger partial charge in [0.05, 0.1) is 5.52 Å². The molecule has 0 unspecified atom stereocenters. The minimum atomic E-state index is -0.870. The molecule has 1 amide bonds. The summed E-state index contributed by atoms with van der Waals surface area (Å²) < 4.78 is 42.7. The van der Waals surface area contributed by atoms with E-state index in [2.05, 4.69) is 31.1 Å². The second kappa shape index (κ2) is 10.3. The van der Waals surface area contributed by atoms with Crippen molar-refractivity contribution in [2.75, 3.05) is 13.1 Å². The van der Waals surface area contributed by atoms with Crippen LogP contribution in [0.15, 0.2) is 65.3 Å². The van der Waals surface area contributed by atoms with Gasteiger partial charge in [-0.25, -0.2) is 18.6 Å². The molecule has 3 heterocycles. The summed E-state index contributed by atoms with van der Waals surface area (Å²) in [6.45, 7) is 2.18. The van der Waals surface area contributed by atoms with Crippen LogP contribution in [0.5, 0.6) is 0 Å². The molecule has 184 valence electrons. The van der Waals surface area contributed by atoms with Crippen molar-refractivity contribution in [2.45, 2.75) is 19.5 Å². The second-order valence-corrected chi connectivity index (χ2v) is 9.54. The van der Waals surface area contributed by atoms with Crippen LogP contribution in [-0.4, -0.2) is 33.6 Å². The van der Waals surface area contributed by atoms with E-state index in [0.717, 1.165) is 39.2 Å². The quantitative estimate of drug-likeness (QED) is 0.306. The molecule has 0 spiro atoms. The Bertz CT molecular complexity index is 1480. The van der Waals surface area contributed by atoms with E-state index in [1.807, 2.05) is 24.3 Å². The van der Waals surface area contributed by atoms with Gasteiger partial charge in [-0.2, -0.15) is 4.39 Å². The van der Waals surface area contributed by atoms with Gasteiger partial charge in [0, 0.05) is 54.3 Å². The second-order valence-electron chi connectivity index (χ2n) is 8.63. The van der Waals surface area contributed by atoms with Crippen LogP contribution in [0.2, 0.25) is 0 Å². The molecule has 2 aromatic carbocycles. The highest BCUT2D eigenvalue weighted by molar-refractivity contribution is 9.10. The number of amides is 1. The lowest BCUT2D eigenvalue weighted by molar-refractivity contribution is 0.240. The van der Waals surface area contributed by atoms with Gasteiger partial charge >= 0.3 is 6.03 Å². The van der Waals surface area contributed by atoms with Gasteiger partial charge in [0.2, 0.25) is 5.95 Å². The molecule has 0 atom stereocenters. The molecule has 1 N–H and O–H groups in total. The van der Waals surface area contributed by atoms with Crippen molar-refractivity contribution < 1.29 is 18.0 Å². The predicted molar refractivity (Wildman–Crippen MR) is 136 cm³/mol. The van der Waals surface area contributed by atoms with Gasteiger partial charge < -0.3 is 5.32 Å². The topological polar surface area (TPSA) is 50.2 Å². The van der Waals surface area contributed by atoms with Crippen molar-refractivity contribution in [2.24, 2.45) is 0 Å². The lowest BCUT2D eigenvalue weighted by atomic mass is 10.0. The third-order valence-corrected chi connectivity index (χ3v) is 6.74. The number of carbonyl (C=O) groups excluding carboxylic acids is 1. The number of hydrogen-bond donors (Lipinski definition) is 1. The third-order valence-electron chi connectivity index (χ3n) is 6.24. The number of benzene rings is 2. The van der Waals surface area contributed by atoms with Crippen LogP contribution in [0, 0.1) is 17.6 Å². The van der Waals surface area contributed by atoms with E-state index in [1.165, 1.54) is 24.4 Å². The van der Waals surface area contributed by atoms with Gasteiger partial charge in [-0.3, -0.25) is 9.47 Å². The SMILES string of the molecule is O=C(NCc1ccnc(F)c1)n1c2c(c3cc(Br)ccc31)CN(C/C=C/c1ccc(F)c(F)c1)CC2. The first kappa shape index (κ1) is 24.3. The zero-order valence-corrected chi connectivity index (χ0v) is 20.7. The maximum atomic E-state index is 13.5. The Labute approximate surface area is 214 Å². The standard InChI is InChI=1S/C27H22BrF3N4O/c28-19-4-6-24-20(14-19)21-16-34(10-1-2-17-3-5-22(29)23(30)12-17)11-8-25(21)35(24)27(36)33-15-18-7-9-32-26(31)13-18/h1-7,9,12-14H,8,10-11,15-16H2,(H,33,36)/b2-1+. The number of nitrogens with zero attached hydrogens (tertiary/aromatic N) is 3. The molecule has 5 nitrogen and oxygen atoms in total. The number of fused-ring (bicyclic) bond motifs is 3. The van der Waals surface area contributed by atoms with Crippen LogP contribution in [-0.2, 0) is 19.5 Å². The van der Waals surface area contributed by atoms with Crippen LogP contribution in [0.25, 0.3) is 17.0 Å². The van der Waals surface area contributed by atoms with Crippen molar-refractivity contribution in [1.29, 1.82) is 0 Å². The summed E-state index contributed by atoms with van der Waals surface area (Å²) in [5.74, 6) is -2.32. The summed E-state index contributed by atoms with van der Waals surface area (Å²) in [6.07, 6.45) is 5.73. The zero-order valence-electron chi connectivity index (χ0n) is 19.1. The van der Waals surface area contributed by atoms with Crippen LogP contribution < -0.4 is 5.32 Å². The Morgan fingerprint density at radius 3 is 2.75 bits per heavy atom. The molecule has 36 heavy (non-hydrogen) atoms. The maximum absolute atomic E-state index is 13.5. The Kier molecular flexibility index (Phi) is 6.93. The summed E-state index contributed by atoms with van der Waals surface area (Å²) in [5.41, 5.74) is 4.05. The molecule has 0 fully saturated rings. The number of halogens is 4. The van der Waals surface area contributed by atoms with Crippen molar-refractivity contribution >= 4 is 38.9 Å². The number of hydrogen-bond acceptors (Lipinski definition) is 3. The highest BCUT2D eigenvalue weighted by Crippen LogP contribution is 2.33. The summed E-state index contributed by atoms with van der Waals surface area (Å²) in [4.78, 5) is 19.0. The first-order valence-electron chi connectivity index (χ1n) is 11.4. The van der Waals surface area contributed by atoms with E-state index < -0.39 is 17.6 Å². The molecule has 5 rings (SSSR count). The smallest absolute Gasteiger partial charge is 0.326 e. The van der Waals surface area contributed by atoms with Crippen LogP contribution in [0.3, 0.4) is 0 Å². The van der Waals surface area contributed by atoms with E-state index >= 15 is 0 Å². The van der Waals surface area contributed by atoms with E-state index in [9.17, 15) is 18.0 Å². The highest BCUT2D eigenvalue weighted by atomic mass is 79.9. The molecule has 0 radical (unpaired) electrons. The molecular weight excluding hydrogens is 533 g/mol. The van der Waals surface area contributed by atoms with Gasteiger partial charge in [0.15, 0.2) is 11.6 Å². The fraction of sp³-hybridized carbons (Fsp3) is 0.185. The monoisotopic (exact) mass is 554 g/mol. The Balaban J connectivity index is 1.36. The molecular formula is C27H22BrF3N4O. The molecule has 0 saturated carbocycles. The van der Waals surface area contributed by atoms with Gasteiger partial charge in [-0.05, 0) is 59.2 Å². The average Bonchev–Trinajstić information content (AvgIpc) is 3.18. The summed E-state index contributed by atoms with van der Waals surface area (Å²) in [5, 5.41) is 3.88. The third kappa shape index (κ3) is 5.08. The largest absolute Gasteiger partial charge is 0.333 e. The molecule has 2 aromatic heterocycles. The van der Waals surface area contributed by atoms with Crippen molar-refractivity contribution in [3.8, 4) is 0 Å². The van der Waals surface area contributed by atoms with Gasteiger partial charge in [0.1, 0.15) is 0 Å². The summed E-state index contributed by atoms with van der Waals surface area (Å²) >= 11 is 3.54. The molecule has 0 saturated heterocycles. The highest BCUT2D eigenvalue weighted by Gasteiger charge is 2.26. The summed E-state index contributed by atoms with van der Waals surface area (Å²) in [6, 6.07) is 12.3. The van der Waals surface area contributed by atoms with Crippen LogP contribution in [0.4, 0.5) is 18.0 Å². The van der Waals surface area contributed by atoms with E-state index in [1.54, 1.807) is 16.7 Å². The number of nitrogens with one attached hydrogen (secondary N) is 1. The molecule has 1 aliphatic heterocycles. The normalized spacial score (nSPS) is 13.9. The fourth-order valence-corrected chi connectivity index (χ4v) is 4.90. The molecule has 0 bridgehead atoms. The van der Waals surface area contributed by atoms with Crippen molar-refractivity contribution in [1.82, 2.24) is 19.8 Å². The summed E-state index contributed by atoms with van der Waals surface area (Å²) in [7, 11) is 0. The van der Waals surface area contributed by atoms with E-state index in [-0.39, 0.29) is 12.6 Å². The Hall–Kier alpha value is -3.43. The predicted octanol–water partition coefficient (Wildman–Crippen LogP) is 6.05. The first-order chi connectivity index (χ1) is 17.4. The lowest BCUT2D eigenvalue weighted by Gasteiger charge is -2.27. The van der Waals surface area contributed by atoms with Crippen molar-refractivity contribution in [3.05, 3.63) is 105 Å². The minimum absolute atomic E-state index is 0.185. The number of carbonyl (C=O) groups is 1. The van der Waals surface area contributed by atoms with E-state index in [4.69, 9.17) is 0 Å². The van der Waals surface area contributed by atoms with Crippen LogP contribution >= 0.6 is 15.9 Å². The van der Waals surface area contributed by atoms with Crippen LogP contribution in [0.1, 0.15) is 22.4 Å². The van der Waals surface area contributed by atoms with Gasteiger partial charge in [-0.1, -0.05) is 34.1 Å². The van der Waals surface area contributed by atoms with E-state index in [0.29, 0.717) is 30.6 Å².